The molecule has 132 valence electrons. The van der Waals surface area contributed by atoms with Gasteiger partial charge in [0, 0.05) is 11.3 Å². The molecule has 3 rings (SSSR count). The topological polar surface area (TPSA) is 62.7 Å². The molecule has 1 aliphatic heterocycles. The number of hydrogen-bond acceptors (Lipinski definition) is 4. The average Bonchev–Trinajstić information content (AvgIpc) is 2.54. The van der Waals surface area contributed by atoms with Crippen LogP contribution in [0.1, 0.15) is 35.5 Å². The Morgan fingerprint density at radius 2 is 2.00 bits per heavy atom. The maximum absolute atomic E-state index is 14.1. The fraction of sp³-hybridized carbons (Fsp3) is 0.333. The number of nitrogens with zero attached hydrogens (tertiary/aromatic N) is 2. The number of carbonyl (C=O) groups is 1. The summed E-state index contributed by atoms with van der Waals surface area (Å²) < 4.78 is 32.8. The Bertz CT molecular complexity index is 837. The van der Waals surface area contributed by atoms with Crippen molar-refractivity contribution in [2.24, 2.45) is 0 Å². The van der Waals surface area contributed by atoms with Crippen molar-refractivity contribution in [2.45, 2.75) is 39.5 Å². The molecule has 0 spiro atoms. The minimum absolute atomic E-state index is 0.116. The summed E-state index contributed by atoms with van der Waals surface area (Å²) in [6, 6.07) is 8.11. The molecule has 0 radical (unpaired) electrons. The van der Waals surface area contributed by atoms with Crippen molar-refractivity contribution in [1.29, 1.82) is 0 Å². The predicted molar refractivity (Wildman–Crippen MR) is 87.6 cm³/mol. The molecule has 1 aliphatic rings. The minimum atomic E-state index is -4.00. The Morgan fingerprint density at radius 3 is 2.64 bits per heavy atom. The molecule has 25 heavy (non-hydrogen) atoms. The molecule has 0 saturated carbocycles. The van der Waals surface area contributed by atoms with E-state index in [0.717, 1.165) is 16.2 Å². The van der Waals surface area contributed by atoms with Gasteiger partial charge in [-0.15, -0.1) is 0 Å². The molecule has 2 aromatic rings. The highest BCUT2D eigenvalue weighted by Gasteiger charge is 2.51. The van der Waals surface area contributed by atoms with Crippen molar-refractivity contribution in [1.82, 2.24) is 4.98 Å². The zero-order valence-corrected chi connectivity index (χ0v) is 14.1. The molecule has 7 heteroatoms. The third-order valence-electron chi connectivity index (χ3n) is 4.22. The second-order valence-corrected chi connectivity index (χ2v) is 6.09. The van der Waals surface area contributed by atoms with Gasteiger partial charge in [0.1, 0.15) is 0 Å². The van der Waals surface area contributed by atoms with Crippen molar-refractivity contribution in [3.8, 4) is 5.75 Å². The number of ether oxygens (including phenoxy) is 1. The lowest BCUT2D eigenvalue weighted by Gasteiger charge is -2.34. The van der Waals surface area contributed by atoms with Crippen molar-refractivity contribution in [3.05, 3.63) is 52.8 Å². The zero-order valence-electron chi connectivity index (χ0n) is 14.1. The molecule has 1 aromatic carbocycles. The molecule has 0 bridgehead atoms. The number of anilines is 1. The van der Waals surface area contributed by atoms with Gasteiger partial charge in [-0.25, -0.2) is 0 Å². The highest BCUT2D eigenvalue weighted by Crippen LogP contribution is 2.44. The van der Waals surface area contributed by atoms with Crippen LogP contribution in [0.5, 0.6) is 5.75 Å². The number of para-hydroxylation sites is 1. The van der Waals surface area contributed by atoms with E-state index in [1.165, 1.54) is 19.1 Å². The Hall–Kier alpha value is -2.54. The van der Waals surface area contributed by atoms with Crippen molar-refractivity contribution >= 4 is 11.6 Å². The standard InChI is InChI=1S/C18H18F2N2O3/c1-10-7-8-13(21-11(10)2)9-22-15-6-4-5-14(12(3)23)16(15)25-18(19,20)17(22)24/h4-8,12,23H,9H2,1-3H3. The molecular formula is C18H18F2N2O3. The molecule has 1 atom stereocenters. The maximum atomic E-state index is 14.1. The first-order valence-electron chi connectivity index (χ1n) is 7.83. The summed E-state index contributed by atoms with van der Waals surface area (Å²) in [4.78, 5) is 17.5. The molecule has 1 unspecified atom stereocenters. The van der Waals surface area contributed by atoms with Crippen LogP contribution in [0.15, 0.2) is 30.3 Å². The van der Waals surface area contributed by atoms with E-state index < -0.39 is 18.1 Å². The number of fused-ring (bicyclic) bond motifs is 1. The van der Waals surface area contributed by atoms with Gasteiger partial charge in [-0.05, 0) is 38.5 Å². The van der Waals surface area contributed by atoms with E-state index in [9.17, 15) is 18.7 Å². The number of aryl methyl sites for hydroxylation is 2. The average molecular weight is 348 g/mol. The summed E-state index contributed by atoms with van der Waals surface area (Å²) in [6.07, 6.45) is -5.02. The number of pyridine rings is 1. The number of alkyl halides is 2. The number of amides is 1. The van der Waals surface area contributed by atoms with Crippen molar-refractivity contribution in [2.75, 3.05) is 4.90 Å². The van der Waals surface area contributed by atoms with E-state index in [2.05, 4.69) is 9.72 Å². The monoisotopic (exact) mass is 348 g/mol. The van der Waals surface area contributed by atoms with Crippen LogP contribution in [0.3, 0.4) is 0 Å². The molecule has 1 aromatic heterocycles. The number of aromatic nitrogens is 1. The lowest BCUT2D eigenvalue weighted by molar-refractivity contribution is -0.193. The van der Waals surface area contributed by atoms with Gasteiger partial charge in [0.2, 0.25) is 0 Å². The molecule has 5 nitrogen and oxygen atoms in total. The van der Waals surface area contributed by atoms with Crippen LogP contribution in [0.25, 0.3) is 0 Å². The first-order chi connectivity index (χ1) is 11.7. The van der Waals surface area contributed by atoms with E-state index in [1.54, 1.807) is 12.1 Å². The molecule has 0 aliphatic carbocycles. The summed E-state index contributed by atoms with van der Waals surface area (Å²) in [7, 11) is 0. The van der Waals surface area contributed by atoms with Gasteiger partial charge in [0.15, 0.2) is 5.75 Å². The fourth-order valence-electron chi connectivity index (χ4n) is 2.72. The highest BCUT2D eigenvalue weighted by molar-refractivity contribution is 6.01. The number of benzene rings is 1. The van der Waals surface area contributed by atoms with Gasteiger partial charge >= 0.3 is 12.0 Å². The first kappa shape index (κ1) is 17.3. The van der Waals surface area contributed by atoms with E-state index in [1.807, 2.05) is 19.9 Å². The first-order valence-corrected chi connectivity index (χ1v) is 7.83. The number of rotatable bonds is 3. The minimum Gasteiger partial charge on any atom is -0.423 e. The maximum Gasteiger partial charge on any atom is 0.483 e. The van der Waals surface area contributed by atoms with Crippen LogP contribution in [0, 0.1) is 13.8 Å². The summed E-state index contributed by atoms with van der Waals surface area (Å²) in [5.74, 6) is -1.64. The number of carbonyl (C=O) groups excluding carboxylic acids is 1. The SMILES string of the molecule is Cc1ccc(CN2C(=O)C(F)(F)Oc3c(C(C)O)cccc32)nc1C. The number of aliphatic hydroxyl groups is 1. The highest BCUT2D eigenvalue weighted by atomic mass is 19.3. The molecular weight excluding hydrogens is 330 g/mol. The number of hydrogen-bond donors (Lipinski definition) is 1. The normalized spacial score (nSPS) is 17.0. The molecule has 2 heterocycles. The van der Waals surface area contributed by atoms with Crippen LogP contribution in [-0.4, -0.2) is 22.1 Å². The summed E-state index contributed by atoms with van der Waals surface area (Å²) in [5.41, 5.74) is 2.61. The molecule has 1 N–H and O–H groups in total. The van der Waals surface area contributed by atoms with Crippen LogP contribution < -0.4 is 9.64 Å². The van der Waals surface area contributed by atoms with Gasteiger partial charge in [0.05, 0.1) is 24.0 Å². The smallest absolute Gasteiger partial charge is 0.423 e. The predicted octanol–water partition coefficient (Wildman–Crippen LogP) is 3.27. The zero-order chi connectivity index (χ0) is 18.4. The van der Waals surface area contributed by atoms with Crippen LogP contribution in [-0.2, 0) is 11.3 Å². The number of aliphatic hydroxyl groups excluding tert-OH is 1. The van der Waals surface area contributed by atoms with E-state index in [4.69, 9.17) is 0 Å². The Balaban J connectivity index is 2.08. The summed E-state index contributed by atoms with van der Waals surface area (Å²) >= 11 is 0. The molecule has 0 fully saturated rings. The van der Waals surface area contributed by atoms with Gasteiger partial charge < -0.3 is 9.84 Å². The Kier molecular flexibility index (Phi) is 4.20. The van der Waals surface area contributed by atoms with Crippen molar-refractivity contribution < 1.29 is 23.4 Å². The Labute approximate surface area is 143 Å². The lowest BCUT2D eigenvalue weighted by Crippen LogP contribution is -2.50. The van der Waals surface area contributed by atoms with E-state index >= 15 is 0 Å². The third kappa shape index (κ3) is 3.07. The van der Waals surface area contributed by atoms with Gasteiger partial charge in [-0.3, -0.25) is 14.7 Å². The lowest BCUT2D eigenvalue weighted by atomic mass is 10.1. The van der Waals surface area contributed by atoms with Gasteiger partial charge in [-0.1, -0.05) is 18.2 Å². The van der Waals surface area contributed by atoms with Gasteiger partial charge in [0.25, 0.3) is 0 Å². The van der Waals surface area contributed by atoms with Crippen LogP contribution >= 0.6 is 0 Å². The molecule has 1 amide bonds. The third-order valence-corrected chi connectivity index (χ3v) is 4.22. The summed E-state index contributed by atoms with van der Waals surface area (Å²) in [6.45, 7) is 5.04. The fourth-order valence-corrected chi connectivity index (χ4v) is 2.72. The van der Waals surface area contributed by atoms with E-state index in [-0.39, 0.29) is 23.5 Å². The quantitative estimate of drug-likeness (QED) is 0.925. The second-order valence-electron chi connectivity index (χ2n) is 6.09. The van der Waals surface area contributed by atoms with E-state index in [0.29, 0.717) is 5.69 Å². The Morgan fingerprint density at radius 1 is 1.28 bits per heavy atom. The van der Waals surface area contributed by atoms with Crippen LogP contribution in [0.2, 0.25) is 0 Å². The van der Waals surface area contributed by atoms with Gasteiger partial charge in [-0.2, -0.15) is 8.78 Å². The summed E-state index contributed by atoms with van der Waals surface area (Å²) in [5, 5.41) is 9.82. The van der Waals surface area contributed by atoms with Crippen molar-refractivity contribution in [3.63, 3.8) is 0 Å². The van der Waals surface area contributed by atoms with Crippen LogP contribution in [0.4, 0.5) is 14.5 Å². The number of halogens is 2. The largest absolute Gasteiger partial charge is 0.483 e. The molecule has 0 saturated heterocycles. The second kappa shape index (κ2) is 6.07.